The lowest BCUT2D eigenvalue weighted by atomic mass is 9.69. The lowest BCUT2D eigenvalue weighted by molar-refractivity contribution is -0.122. The molecule has 0 aromatic heterocycles. The van der Waals surface area contributed by atoms with E-state index in [0.29, 0.717) is 18.7 Å². The van der Waals surface area contributed by atoms with Crippen molar-refractivity contribution in [3.63, 3.8) is 0 Å². The molecular formula is C36H38N2O4. The summed E-state index contributed by atoms with van der Waals surface area (Å²) in [6.07, 6.45) is 6.23. The number of imide groups is 1. The van der Waals surface area contributed by atoms with Crippen molar-refractivity contribution in [2.45, 2.75) is 52.1 Å². The molecule has 3 aromatic rings. The zero-order valence-electron chi connectivity index (χ0n) is 24.3. The molecule has 3 aromatic carbocycles. The van der Waals surface area contributed by atoms with Crippen LogP contribution in [0.25, 0.3) is 6.08 Å². The molecule has 2 heterocycles. The van der Waals surface area contributed by atoms with E-state index in [0.717, 1.165) is 42.6 Å². The molecule has 2 amide bonds. The Balaban J connectivity index is 1.18. The number of hydrogen-bond acceptors (Lipinski definition) is 5. The lowest BCUT2D eigenvalue weighted by Crippen LogP contribution is -2.34. The van der Waals surface area contributed by atoms with E-state index >= 15 is 0 Å². The molecule has 216 valence electrons. The van der Waals surface area contributed by atoms with Crippen LogP contribution in [0.1, 0.15) is 51.5 Å². The topological polar surface area (TPSA) is 78.9 Å². The Morgan fingerprint density at radius 3 is 2.43 bits per heavy atom. The Bertz CT molecular complexity index is 1530. The standard InChI is InChI=1S/C36H38N2O4/c1-3-23(19-24-9-8-12-29(39)20-24)13-18-32-33-25(4-2)21-30-34(31(33)22-42-32)36(41)38(35(30)40)28-16-14-27(15-17-28)37-26-10-6-5-7-11-26/h5-12,14-17,19-20,30-32,34,37,39H,3-4,13,18,21-22H2,1-2H3/b23-19+/t30-,31+,32-,34-/m1/s1. The molecule has 6 heteroatoms. The van der Waals surface area contributed by atoms with Gasteiger partial charge in [-0.25, -0.2) is 0 Å². The molecule has 2 saturated heterocycles. The smallest absolute Gasteiger partial charge is 0.238 e. The number of amides is 2. The summed E-state index contributed by atoms with van der Waals surface area (Å²) in [5.41, 5.74) is 7.33. The number of phenolic OH excluding ortho intramolecular Hbond substituents is 1. The molecule has 42 heavy (non-hydrogen) atoms. The van der Waals surface area contributed by atoms with Crippen LogP contribution in [-0.2, 0) is 14.3 Å². The maximum absolute atomic E-state index is 13.9. The van der Waals surface area contributed by atoms with Crippen LogP contribution in [0.2, 0.25) is 0 Å². The van der Waals surface area contributed by atoms with Crippen LogP contribution < -0.4 is 10.2 Å². The molecule has 1 aliphatic carbocycles. The van der Waals surface area contributed by atoms with Crippen LogP contribution >= 0.6 is 0 Å². The van der Waals surface area contributed by atoms with Crippen LogP contribution in [0.15, 0.2) is 95.6 Å². The van der Waals surface area contributed by atoms with Gasteiger partial charge in [0.1, 0.15) is 5.75 Å². The maximum Gasteiger partial charge on any atom is 0.238 e. The summed E-state index contributed by atoms with van der Waals surface area (Å²) in [5, 5.41) is 13.2. The fourth-order valence-electron chi connectivity index (χ4n) is 6.97. The van der Waals surface area contributed by atoms with Crippen molar-refractivity contribution in [1.82, 2.24) is 0 Å². The number of ether oxygens (including phenoxy) is 1. The van der Waals surface area contributed by atoms with Crippen LogP contribution in [-0.4, -0.2) is 29.6 Å². The average Bonchev–Trinajstić information content (AvgIpc) is 3.54. The minimum atomic E-state index is -0.372. The van der Waals surface area contributed by atoms with Crippen molar-refractivity contribution in [2.75, 3.05) is 16.8 Å². The monoisotopic (exact) mass is 562 g/mol. The van der Waals surface area contributed by atoms with Gasteiger partial charge in [-0.05, 0) is 91.8 Å². The van der Waals surface area contributed by atoms with Crippen molar-refractivity contribution in [2.24, 2.45) is 17.8 Å². The quantitative estimate of drug-likeness (QED) is 0.207. The van der Waals surface area contributed by atoms with E-state index < -0.39 is 0 Å². The molecule has 0 bridgehead atoms. The van der Waals surface area contributed by atoms with Gasteiger partial charge in [0.25, 0.3) is 0 Å². The van der Waals surface area contributed by atoms with Gasteiger partial charge in [0, 0.05) is 17.3 Å². The molecule has 2 aliphatic heterocycles. The average molecular weight is 563 g/mol. The number of benzene rings is 3. The van der Waals surface area contributed by atoms with E-state index in [-0.39, 0.29) is 41.4 Å². The number of hydrogen-bond donors (Lipinski definition) is 2. The number of allylic oxidation sites excluding steroid dienone is 2. The number of carbonyl (C=O) groups is 2. The Hall–Kier alpha value is -4.16. The first-order chi connectivity index (χ1) is 20.5. The minimum absolute atomic E-state index is 0.0367. The van der Waals surface area contributed by atoms with Crippen molar-refractivity contribution in [3.05, 3.63) is 101 Å². The van der Waals surface area contributed by atoms with Gasteiger partial charge in [-0.15, -0.1) is 0 Å². The van der Waals surface area contributed by atoms with Crippen molar-refractivity contribution < 1.29 is 19.4 Å². The van der Waals surface area contributed by atoms with E-state index in [1.807, 2.05) is 66.7 Å². The maximum atomic E-state index is 13.9. The summed E-state index contributed by atoms with van der Waals surface area (Å²) in [4.78, 5) is 29.0. The minimum Gasteiger partial charge on any atom is -0.508 e. The van der Waals surface area contributed by atoms with E-state index in [2.05, 4.69) is 25.2 Å². The van der Waals surface area contributed by atoms with Gasteiger partial charge in [-0.3, -0.25) is 14.5 Å². The van der Waals surface area contributed by atoms with Crippen molar-refractivity contribution in [1.29, 1.82) is 0 Å². The van der Waals surface area contributed by atoms with Crippen molar-refractivity contribution in [3.8, 4) is 5.75 Å². The van der Waals surface area contributed by atoms with Gasteiger partial charge >= 0.3 is 0 Å². The highest BCUT2D eigenvalue weighted by Crippen LogP contribution is 2.51. The van der Waals surface area contributed by atoms with Gasteiger partial charge in [0.05, 0.1) is 30.2 Å². The first-order valence-electron chi connectivity index (χ1n) is 15.1. The first-order valence-corrected chi connectivity index (χ1v) is 15.1. The second-order valence-electron chi connectivity index (χ2n) is 11.5. The predicted octanol–water partition coefficient (Wildman–Crippen LogP) is 7.64. The largest absolute Gasteiger partial charge is 0.508 e. The van der Waals surface area contributed by atoms with Crippen LogP contribution in [0, 0.1) is 17.8 Å². The number of nitrogens with one attached hydrogen (secondary N) is 1. The zero-order valence-corrected chi connectivity index (χ0v) is 24.3. The molecule has 0 unspecified atom stereocenters. The van der Waals surface area contributed by atoms with Crippen molar-refractivity contribution >= 4 is 35.0 Å². The third-order valence-corrected chi connectivity index (χ3v) is 9.05. The van der Waals surface area contributed by atoms with Crippen LogP contribution in [0.3, 0.4) is 0 Å². The summed E-state index contributed by atoms with van der Waals surface area (Å²) in [6.45, 7) is 4.78. The first kappa shape index (κ1) is 28.0. The Morgan fingerprint density at radius 1 is 0.952 bits per heavy atom. The fourth-order valence-corrected chi connectivity index (χ4v) is 6.97. The van der Waals surface area contributed by atoms with Gasteiger partial charge in [-0.1, -0.05) is 61.4 Å². The zero-order chi connectivity index (χ0) is 29.2. The molecule has 6 nitrogen and oxygen atoms in total. The molecule has 6 rings (SSSR count). The predicted molar refractivity (Wildman–Crippen MR) is 166 cm³/mol. The van der Waals surface area contributed by atoms with E-state index in [1.54, 1.807) is 12.1 Å². The van der Waals surface area contributed by atoms with Crippen LogP contribution in [0.4, 0.5) is 17.1 Å². The second-order valence-corrected chi connectivity index (χ2v) is 11.5. The number of aromatic hydroxyl groups is 1. The molecule has 2 fully saturated rings. The number of anilines is 3. The van der Waals surface area contributed by atoms with Gasteiger partial charge in [0.2, 0.25) is 11.8 Å². The molecule has 2 N–H and O–H groups in total. The number of fused-ring (bicyclic) bond motifs is 3. The Labute approximate surface area is 247 Å². The van der Waals surface area contributed by atoms with Gasteiger partial charge in [-0.2, -0.15) is 0 Å². The Kier molecular flexibility index (Phi) is 7.98. The van der Waals surface area contributed by atoms with Gasteiger partial charge in [0.15, 0.2) is 0 Å². The van der Waals surface area contributed by atoms with E-state index in [1.165, 1.54) is 21.6 Å². The molecule has 0 spiro atoms. The molecule has 4 atom stereocenters. The normalized spacial score (nSPS) is 23.8. The molecule has 0 saturated carbocycles. The summed E-state index contributed by atoms with van der Waals surface area (Å²) in [5.74, 6) is -0.686. The van der Waals surface area contributed by atoms with E-state index in [9.17, 15) is 14.7 Å². The summed E-state index contributed by atoms with van der Waals surface area (Å²) in [6, 6.07) is 24.7. The third kappa shape index (κ3) is 5.39. The third-order valence-electron chi connectivity index (χ3n) is 9.05. The van der Waals surface area contributed by atoms with E-state index in [4.69, 9.17) is 4.74 Å². The lowest BCUT2D eigenvalue weighted by Gasteiger charge is -2.31. The highest BCUT2D eigenvalue weighted by Gasteiger charge is 2.57. The summed E-state index contributed by atoms with van der Waals surface area (Å²) >= 11 is 0. The van der Waals surface area contributed by atoms with Gasteiger partial charge < -0.3 is 15.2 Å². The number of para-hydroxylation sites is 1. The molecule has 0 radical (unpaired) electrons. The molecular weight excluding hydrogens is 524 g/mol. The fraction of sp³-hybridized carbons (Fsp3) is 0.333. The Morgan fingerprint density at radius 2 is 1.71 bits per heavy atom. The van der Waals surface area contributed by atoms with Crippen LogP contribution in [0.5, 0.6) is 5.75 Å². The number of phenols is 1. The SMILES string of the molecule is CCC1=C2[C@@H](CC/C(=C/c3cccc(O)c3)CC)OC[C@@H]2[C@@H]2C(=O)N(c3ccc(Nc4ccccc4)cc3)C(=O)[C@@H]2C1. The molecule has 3 aliphatic rings. The number of nitrogens with zero attached hydrogens (tertiary/aromatic N) is 1. The highest BCUT2D eigenvalue weighted by molar-refractivity contribution is 6.22. The summed E-state index contributed by atoms with van der Waals surface area (Å²) < 4.78 is 6.39. The highest BCUT2D eigenvalue weighted by atomic mass is 16.5. The number of carbonyl (C=O) groups excluding carboxylic acids is 2. The second kappa shape index (κ2) is 12.0. The summed E-state index contributed by atoms with van der Waals surface area (Å²) in [7, 11) is 0. The number of rotatable bonds is 9.